The van der Waals surface area contributed by atoms with Crippen LogP contribution >= 0.6 is 11.8 Å². The van der Waals surface area contributed by atoms with Crippen molar-refractivity contribution in [3.05, 3.63) is 65.7 Å². The highest BCUT2D eigenvalue weighted by atomic mass is 32.2. The molecule has 0 fully saturated rings. The van der Waals surface area contributed by atoms with Crippen molar-refractivity contribution in [2.45, 2.75) is 12.5 Å². The molecule has 0 aliphatic carbocycles. The van der Waals surface area contributed by atoms with Crippen molar-refractivity contribution in [3.8, 4) is 6.07 Å². The molecule has 1 heterocycles. The average Bonchev–Trinajstić information content (AvgIpc) is 2.96. The Kier molecular flexibility index (Phi) is 4.23. The van der Waals surface area contributed by atoms with Crippen molar-refractivity contribution in [3.63, 3.8) is 0 Å². The van der Waals surface area contributed by atoms with Gasteiger partial charge in [0.05, 0.1) is 17.7 Å². The molecule has 0 saturated heterocycles. The molecule has 1 atom stereocenters. The van der Waals surface area contributed by atoms with E-state index in [4.69, 9.17) is 10.3 Å². The Bertz CT molecular complexity index is 671. The molecule has 3 rings (SSSR count). The van der Waals surface area contributed by atoms with Crippen LogP contribution in [-0.4, -0.2) is 17.0 Å². The van der Waals surface area contributed by atoms with Crippen molar-refractivity contribution in [1.29, 1.82) is 5.26 Å². The molecule has 21 heavy (non-hydrogen) atoms. The second-order valence-electron chi connectivity index (χ2n) is 4.90. The van der Waals surface area contributed by atoms with Gasteiger partial charge in [0.1, 0.15) is 0 Å². The minimum Gasteiger partial charge on any atom is -0.335 e. The van der Waals surface area contributed by atoms with Gasteiger partial charge in [-0.2, -0.15) is 5.26 Å². The fourth-order valence-corrected chi connectivity index (χ4v) is 3.18. The largest absolute Gasteiger partial charge is 0.335 e. The summed E-state index contributed by atoms with van der Waals surface area (Å²) in [7, 11) is 0. The Labute approximate surface area is 128 Å². The third-order valence-electron chi connectivity index (χ3n) is 3.29. The number of benzene rings is 2. The van der Waals surface area contributed by atoms with Crippen molar-refractivity contribution < 1.29 is 0 Å². The first-order valence-electron chi connectivity index (χ1n) is 6.85. The predicted octanol–water partition coefficient (Wildman–Crippen LogP) is 3.68. The smallest absolute Gasteiger partial charge is 0.161 e. The maximum Gasteiger partial charge on any atom is 0.161 e. The number of nitriles is 1. The number of nitrogens with one attached hydrogen (secondary N) is 1. The molecule has 0 bridgehead atoms. The molecule has 2 aromatic carbocycles. The van der Waals surface area contributed by atoms with Crippen LogP contribution in [0.3, 0.4) is 0 Å². The van der Waals surface area contributed by atoms with Crippen molar-refractivity contribution in [1.82, 2.24) is 0 Å². The van der Waals surface area contributed by atoms with Gasteiger partial charge in [-0.1, -0.05) is 42.1 Å². The van der Waals surface area contributed by atoms with Crippen molar-refractivity contribution in [2.24, 2.45) is 4.99 Å². The van der Waals surface area contributed by atoms with Crippen LogP contribution in [0.15, 0.2) is 59.6 Å². The maximum atomic E-state index is 8.79. The number of hydrogen-bond donors (Lipinski definition) is 1. The van der Waals surface area contributed by atoms with Crippen LogP contribution in [0, 0.1) is 11.3 Å². The lowest BCUT2D eigenvalue weighted by molar-refractivity contribution is 0.762. The van der Waals surface area contributed by atoms with Crippen LogP contribution in [-0.2, 0) is 6.42 Å². The van der Waals surface area contributed by atoms with E-state index in [-0.39, 0.29) is 0 Å². The monoisotopic (exact) mass is 293 g/mol. The highest BCUT2D eigenvalue weighted by Crippen LogP contribution is 2.22. The molecule has 1 N–H and O–H groups in total. The van der Waals surface area contributed by atoms with E-state index in [1.165, 1.54) is 5.56 Å². The Morgan fingerprint density at radius 2 is 1.90 bits per heavy atom. The van der Waals surface area contributed by atoms with E-state index in [1.807, 2.05) is 30.3 Å². The molecule has 0 amide bonds. The number of anilines is 1. The van der Waals surface area contributed by atoms with E-state index in [0.29, 0.717) is 11.6 Å². The molecule has 3 nitrogen and oxygen atoms in total. The zero-order valence-corrected chi connectivity index (χ0v) is 12.3. The fourth-order valence-electron chi connectivity index (χ4n) is 2.23. The van der Waals surface area contributed by atoms with Crippen LogP contribution in [0.25, 0.3) is 0 Å². The second-order valence-corrected chi connectivity index (χ2v) is 5.91. The summed E-state index contributed by atoms with van der Waals surface area (Å²) in [5.74, 6) is 1.01. The molecule has 4 heteroatoms. The molecule has 104 valence electrons. The zero-order chi connectivity index (χ0) is 14.5. The normalized spacial score (nSPS) is 17.1. The van der Waals surface area contributed by atoms with E-state index in [0.717, 1.165) is 23.0 Å². The molecular formula is C17H15N3S. The number of hydrogen-bond acceptors (Lipinski definition) is 4. The number of aliphatic imine (C=N–C) groups is 1. The Morgan fingerprint density at radius 3 is 2.62 bits per heavy atom. The molecule has 0 aromatic heterocycles. The van der Waals surface area contributed by atoms with Gasteiger partial charge in [-0.3, -0.25) is 4.99 Å². The summed E-state index contributed by atoms with van der Waals surface area (Å²) < 4.78 is 0. The number of thioether (sulfide) groups is 1. The molecule has 0 spiro atoms. The van der Waals surface area contributed by atoms with Crippen LogP contribution in [0.4, 0.5) is 5.69 Å². The highest BCUT2D eigenvalue weighted by Gasteiger charge is 2.18. The molecule has 0 unspecified atom stereocenters. The van der Waals surface area contributed by atoms with Gasteiger partial charge in [0.25, 0.3) is 0 Å². The van der Waals surface area contributed by atoms with Crippen LogP contribution in [0.2, 0.25) is 0 Å². The number of amidine groups is 1. The summed E-state index contributed by atoms with van der Waals surface area (Å²) in [4.78, 5) is 4.72. The number of rotatable bonds is 3. The highest BCUT2D eigenvalue weighted by molar-refractivity contribution is 8.14. The summed E-state index contributed by atoms with van der Waals surface area (Å²) in [6, 6.07) is 20.3. The lowest BCUT2D eigenvalue weighted by Crippen LogP contribution is -2.08. The van der Waals surface area contributed by atoms with Gasteiger partial charge in [0, 0.05) is 11.4 Å². The molecular weight excluding hydrogens is 278 g/mol. The van der Waals surface area contributed by atoms with Crippen molar-refractivity contribution in [2.75, 3.05) is 11.1 Å². The van der Waals surface area contributed by atoms with E-state index >= 15 is 0 Å². The summed E-state index contributed by atoms with van der Waals surface area (Å²) in [5.41, 5.74) is 2.97. The molecule has 0 saturated carbocycles. The van der Waals surface area contributed by atoms with Gasteiger partial charge >= 0.3 is 0 Å². The molecule has 2 aromatic rings. The minimum absolute atomic E-state index is 0.332. The van der Waals surface area contributed by atoms with Crippen LogP contribution in [0.5, 0.6) is 0 Å². The third kappa shape index (κ3) is 3.65. The van der Waals surface area contributed by atoms with Gasteiger partial charge in [-0.25, -0.2) is 0 Å². The lowest BCUT2D eigenvalue weighted by Gasteiger charge is -2.05. The number of nitrogens with zero attached hydrogens (tertiary/aromatic N) is 2. The van der Waals surface area contributed by atoms with Gasteiger partial charge in [0.15, 0.2) is 5.17 Å². The van der Waals surface area contributed by atoms with E-state index in [2.05, 4.69) is 35.7 Å². The summed E-state index contributed by atoms with van der Waals surface area (Å²) in [6.07, 6.45) is 0.979. The fraction of sp³-hybridized carbons (Fsp3) is 0.176. The topological polar surface area (TPSA) is 48.2 Å². The molecule has 1 aliphatic heterocycles. The Balaban J connectivity index is 1.62. The second kappa shape index (κ2) is 6.47. The average molecular weight is 293 g/mol. The standard InChI is InChI=1S/C17H15N3S/c18-11-14-6-8-15(9-7-14)19-17-20-16(12-21-17)10-13-4-2-1-3-5-13/h1-9,16H,10,12H2,(H,19,20)/t16-/m0/s1. The molecule has 0 radical (unpaired) electrons. The van der Waals surface area contributed by atoms with Gasteiger partial charge < -0.3 is 5.32 Å². The summed E-state index contributed by atoms with van der Waals surface area (Å²) in [6.45, 7) is 0. The first-order chi connectivity index (χ1) is 10.3. The lowest BCUT2D eigenvalue weighted by atomic mass is 10.1. The Morgan fingerprint density at radius 1 is 1.14 bits per heavy atom. The first kappa shape index (κ1) is 13.7. The van der Waals surface area contributed by atoms with Gasteiger partial charge in [-0.05, 0) is 36.2 Å². The minimum atomic E-state index is 0.332. The van der Waals surface area contributed by atoms with E-state index < -0.39 is 0 Å². The quantitative estimate of drug-likeness (QED) is 0.939. The molecule has 1 aliphatic rings. The summed E-state index contributed by atoms with van der Waals surface area (Å²) in [5, 5.41) is 13.1. The van der Waals surface area contributed by atoms with Gasteiger partial charge in [-0.15, -0.1) is 0 Å². The van der Waals surface area contributed by atoms with E-state index in [9.17, 15) is 0 Å². The maximum absolute atomic E-state index is 8.79. The SMILES string of the molecule is N#Cc1ccc(NC2=N[C@@H](Cc3ccccc3)CS2)cc1. The predicted molar refractivity (Wildman–Crippen MR) is 88.6 cm³/mol. The zero-order valence-electron chi connectivity index (χ0n) is 11.5. The summed E-state index contributed by atoms with van der Waals surface area (Å²) >= 11 is 1.75. The van der Waals surface area contributed by atoms with E-state index in [1.54, 1.807) is 11.8 Å². The third-order valence-corrected chi connectivity index (χ3v) is 4.32. The van der Waals surface area contributed by atoms with Gasteiger partial charge in [0.2, 0.25) is 0 Å². The van der Waals surface area contributed by atoms with Crippen molar-refractivity contribution >= 4 is 22.6 Å². The van der Waals surface area contributed by atoms with Crippen LogP contribution in [0.1, 0.15) is 11.1 Å². The first-order valence-corrected chi connectivity index (χ1v) is 7.84. The Hall–Kier alpha value is -2.25. The van der Waals surface area contributed by atoms with Crippen LogP contribution < -0.4 is 5.32 Å².